The predicted octanol–water partition coefficient (Wildman–Crippen LogP) is 2.25. The van der Waals surface area contributed by atoms with Gasteiger partial charge in [-0.25, -0.2) is 0 Å². The van der Waals surface area contributed by atoms with Gasteiger partial charge in [0.2, 0.25) is 0 Å². The number of piperidine rings is 1. The summed E-state index contributed by atoms with van der Waals surface area (Å²) in [5.74, 6) is 0. The molecule has 3 rings (SSSR count). The van der Waals surface area contributed by atoms with Gasteiger partial charge in [-0.3, -0.25) is 9.80 Å². The van der Waals surface area contributed by atoms with Gasteiger partial charge in [0.05, 0.1) is 0 Å². The van der Waals surface area contributed by atoms with Crippen molar-refractivity contribution in [3.05, 3.63) is 35.9 Å². The summed E-state index contributed by atoms with van der Waals surface area (Å²) < 4.78 is 0. The zero-order valence-electron chi connectivity index (χ0n) is 12.5. The molecule has 20 heavy (non-hydrogen) atoms. The molecule has 1 aromatic rings. The molecule has 2 aliphatic heterocycles. The Labute approximate surface area is 122 Å². The lowest BCUT2D eigenvalue weighted by molar-refractivity contribution is 0.146. The molecule has 0 radical (unpaired) electrons. The van der Waals surface area contributed by atoms with Crippen LogP contribution in [0.4, 0.5) is 0 Å². The van der Waals surface area contributed by atoms with Gasteiger partial charge in [0.1, 0.15) is 0 Å². The first-order chi connectivity index (χ1) is 9.74. The Morgan fingerprint density at radius 1 is 1.05 bits per heavy atom. The van der Waals surface area contributed by atoms with Crippen LogP contribution in [-0.4, -0.2) is 48.1 Å². The van der Waals surface area contributed by atoms with Crippen molar-refractivity contribution in [1.82, 2.24) is 9.80 Å². The van der Waals surface area contributed by atoms with Crippen molar-refractivity contribution in [3.63, 3.8) is 0 Å². The molecular formula is C17H27N3. The number of benzene rings is 1. The van der Waals surface area contributed by atoms with Gasteiger partial charge < -0.3 is 5.73 Å². The maximum absolute atomic E-state index is 6.01. The van der Waals surface area contributed by atoms with Crippen molar-refractivity contribution in [2.24, 2.45) is 5.73 Å². The van der Waals surface area contributed by atoms with Crippen LogP contribution in [0, 0.1) is 0 Å². The van der Waals surface area contributed by atoms with Crippen molar-refractivity contribution >= 4 is 0 Å². The van der Waals surface area contributed by atoms with Crippen LogP contribution in [0.5, 0.6) is 0 Å². The molecule has 2 heterocycles. The lowest BCUT2D eigenvalue weighted by Crippen LogP contribution is -2.46. The first-order valence-corrected chi connectivity index (χ1v) is 8.02. The summed E-state index contributed by atoms with van der Waals surface area (Å²) in [6.07, 6.45) is 3.65. The zero-order valence-corrected chi connectivity index (χ0v) is 12.5. The van der Waals surface area contributed by atoms with E-state index in [-0.39, 0.29) is 0 Å². The lowest BCUT2D eigenvalue weighted by atomic mass is 10.0. The normalized spacial score (nSPS) is 27.8. The number of hydrogen-bond acceptors (Lipinski definition) is 3. The third kappa shape index (κ3) is 3.05. The Morgan fingerprint density at radius 2 is 1.75 bits per heavy atom. The minimum absolute atomic E-state index is 0.437. The van der Waals surface area contributed by atoms with Gasteiger partial charge in [-0.2, -0.15) is 0 Å². The molecule has 0 spiro atoms. The van der Waals surface area contributed by atoms with Crippen LogP contribution >= 0.6 is 0 Å². The molecule has 2 atom stereocenters. The number of rotatable bonds is 3. The quantitative estimate of drug-likeness (QED) is 0.917. The van der Waals surface area contributed by atoms with Crippen molar-refractivity contribution in [3.8, 4) is 0 Å². The Morgan fingerprint density at radius 3 is 2.45 bits per heavy atom. The molecule has 2 aliphatic rings. The summed E-state index contributed by atoms with van der Waals surface area (Å²) in [6.45, 7) is 7.16. The average Bonchev–Trinajstić information content (AvgIpc) is 2.98. The van der Waals surface area contributed by atoms with Crippen LogP contribution in [0.3, 0.4) is 0 Å². The lowest BCUT2D eigenvalue weighted by Gasteiger charge is -2.35. The highest BCUT2D eigenvalue weighted by Crippen LogP contribution is 2.27. The van der Waals surface area contributed by atoms with E-state index < -0.39 is 0 Å². The summed E-state index contributed by atoms with van der Waals surface area (Å²) in [6, 6.07) is 12.6. The Balaban J connectivity index is 1.57. The van der Waals surface area contributed by atoms with E-state index in [9.17, 15) is 0 Å². The van der Waals surface area contributed by atoms with Gasteiger partial charge in [0.25, 0.3) is 0 Å². The maximum Gasteiger partial charge on any atom is 0.0320 e. The minimum Gasteiger partial charge on any atom is -0.328 e. The van der Waals surface area contributed by atoms with Gasteiger partial charge in [-0.05, 0) is 44.8 Å². The molecule has 0 saturated carbocycles. The van der Waals surface area contributed by atoms with Crippen molar-refractivity contribution in [2.45, 2.75) is 44.3 Å². The van der Waals surface area contributed by atoms with Crippen LogP contribution in [0.25, 0.3) is 0 Å². The Bertz CT molecular complexity index is 412. The number of nitrogens with zero attached hydrogens (tertiary/aromatic N) is 2. The summed E-state index contributed by atoms with van der Waals surface area (Å²) >= 11 is 0. The Kier molecular flexibility index (Phi) is 4.39. The number of hydrogen-bond donors (Lipinski definition) is 1. The molecule has 110 valence electrons. The molecule has 2 fully saturated rings. The molecule has 2 unspecified atom stereocenters. The fourth-order valence-electron chi connectivity index (χ4n) is 3.64. The number of likely N-dealkylation sites (tertiary alicyclic amines) is 2. The third-order valence-electron chi connectivity index (χ3n) is 5.12. The summed E-state index contributed by atoms with van der Waals surface area (Å²) in [5.41, 5.74) is 7.45. The first-order valence-electron chi connectivity index (χ1n) is 8.02. The largest absolute Gasteiger partial charge is 0.328 e. The topological polar surface area (TPSA) is 32.5 Å². The van der Waals surface area contributed by atoms with E-state index in [1.54, 1.807) is 0 Å². The van der Waals surface area contributed by atoms with E-state index >= 15 is 0 Å². The van der Waals surface area contributed by atoms with Gasteiger partial charge in [0, 0.05) is 31.2 Å². The van der Waals surface area contributed by atoms with E-state index in [1.807, 2.05) is 0 Å². The highest BCUT2D eigenvalue weighted by molar-refractivity contribution is 5.18. The van der Waals surface area contributed by atoms with Crippen LogP contribution < -0.4 is 5.73 Å². The molecule has 2 saturated heterocycles. The average molecular weight is 273 g/mol. The molecule has 1 aromatic carbocycles. The summed E-state index contributed by atoms with van der Waals surface area (Å²) in [5, 5.41) is 0. The highest BCUT2D eigenvalue weighted by Gasteiger charge is 2.31. The SMILES string of the molecule is CC(c1ccccc1)N1CCC(N2CCC(N)CC2)C1. The van der Waals surface area contributed by atoms with Crippen LogP contribution in [0.2, 0.25) is 0 Å². The Hall–Kier alpha value is -0.900. The minimum atomic E-state index is 0.437. The number of nitrogens with two attached hydrogens (primary N) is 1. The highest BCUT2D eigenvalue weighted by atomic mass is 15.3. The summed E-state index contributed by atoms with van der Waals surface area (Å²) in [7, 11) is 0. The molecule has 2 N–H and O–H groups in total. The van der Waals surface area contributed by atoms with Crippen molar-refractivity contribution < 1.29 is 0 Å². The zero-order chi connectivity index (χ0) is 13.9. The van der Waals surface area contributed by atoms with E-state index in [0.29, 0.717) is 12.1 Å². The van der Waals surface area contributed by atoms with Gasteiger partial charge in [-0.15, -0.1) is 0 Å². The van der Waals surface area contributed by atoms with Gasteiger partial charge >= 0.3 is 0 Å². The smallest absolute Gasteiger partial charge is 0.0320 e. The van der Waals surface area contributed by atoms with E-state index in [0.717, 1.165) is 6.04 Å². The molecule has 0 aliphatic carbocycles. The van der Waals surface area contributed by atoms with Crippen molar-refractivity contribution in [1.29, 1.82) is 0 Å². The molecule has 3 heteroatoms. The standard InChI is InChI=1S/C17H27N3/c1-14(15-5-3-2-4-6-15)20-12-9-17(13-20)19-10-7-16(18)8-11-19/h2-6,14,16-17H,7-13,18H2,1H3. The fourth-order valence-corrected chi connectivity index (χ4v) is 3.64. The molecule has 0 amide bonds. The second-order valence-corrected chi connectivity index (χ2v) is 6.40. The monoisotopic (exact) mass is 273 g/mol. The van der Waals surface area contributed by atoms with Crippen LogP contribution in [0.15, 0.2) is 30.3 Å². The predicted molar refractivity (Wildman–Crippen MR) is 83.6 cm³/mol. The molecule has 0 aromatic heterocycles. The third-order valence-corrected chi connectivity index (χ3v) is 5.12. The van der Waals surface area contributed by atoms with E-state index in [4.69, 9.17) is 5.73 Å². The van der Waals surface area contributed by atoms with Gasteiger partial charge in [0.15, 0.2) is 0 Å². The summed E-state index contributed by atoms with van der Waals surface area (Å²) in [4.78, 5) is 5.30. The first kappa shape index (κ1) is 14.1. The van der Waals surface area contributed by atoms with E-state index in [1.165, 1.54) is 51.0 Å². The second-order valence-electron chi connectivity index (χ2n) is 6.40. The van der Waals surface area contributed by atoms with Crippen LogP contribution in [0.1, 0.15) is 37.8 Å². The van der Waals surface area contributed by atoms with Crippen LogP contribution in [-0.2, 0) is 0 Å². The molecule has 3 nitrogen and oxygen atoms in total. The van der Waals surface area contributed by atoms with Gasteiger partial charge in [-0.1, -0.05) is 30.3 Å². The van der Waals surface area contributed by atoms with E-state index in [2.05, 4.69) is 47.1 Å². The molecule has 0 bridgehead atoms. The molecular weight excluding hydrogens is 246 g/mol. The van der Waals surface area contributed by atoms with Crippen molar-refractivity contribution in [2.75, 3.05) is 26.2 Å². The fraction of sp³-hybridized carbons (Fsp3) is 0.647. The maximum atomic E-state index is 6.01. The second kappa shape index (κ2) is 6.25.